The van der Waals surface area contributed by atoms with Crippen LogP contribution in [0.25, 0.3) is 11.0 Å². The Balaban J connectivity index is 0.987. The van der Waals surface area contributed by atoms with Crippen LogP contribution in [0.15, 0.2) is 90.1 Å². The minimum Gasteiger partial charge on any atom is -0.455 e. The molecule has 2 atom stereocenters. The largest absolute Gasteiger partial charge is 0.455 e. The van der Waals surface area contributed by atoms with Gasteiger partial charge in [-0.15, -0.1) is 0 Å². The maximum atomic E-state index is 13.9. The van der Waals surface area contributed by atoms with Crippen molar-refractivity contribution in [3.05, 3.63) is 111 Å². The molecule has 4 heterocycles. The molecule has 3 aromatic carbocycles. The molecule has 0 spiro atoms. The zero-order chi connectivity index (χ0) is 42.7. The summed E-state index contributed by atoms with van der Waals surface area (Å²) in [7, 11) is -4.54. The molecule has 0 radical (unpaired) electrons. The predicted molar refractivity (Wildman–Crippen MR) is 237 cm³/mol. The second kappa shape index (κ2) is 18.0. The van der Waals surface area contributed by atoms with Crippen LogP contribution < -0.4 is 19.7 Å². The molecule has 2 aromatic heterocycles. The number of nitrogens with zero attached hydrogens (tertiary/aromatic N) is 3. The topological polar surface area (TPSA) is 169 Å². The Kier molecular flexibility index (Phi) is 12.6. The smallest absolute Gasteiger partial charge is 0.293 e. The van der Waals surface area contributed by atoms with Crippen LogP contribution in [0.5, 0.6) is 11.5 Å². The van der Waals surface area contributed by atoms with E-state index in [1.165, 1.54) is 43.2 Å². The highest BCUT2D eigenvalue weighted by Crippen LogP contribution is 2.50. The third-order valence-electron chi connectivity index (χ3n) is 12.9. The van der Waals surface area contributed by atoms with Crippen molar-refractivity contribution in [1.82, 2.24) is 14.7 Å². The molecule has 3 N–H and O–H groups in total. The van der Waals surface area contributed by atoms with Gasteiger partial charge in [0, 0.05) is 67.3 Å². The Hall–Kier alpha value is -5.18. The number of fused-ring (bicyclic) bond motifs is 1. The zero-order valence-corrected chi connectivity index (χ0v) is 36.1. The maximum absolute atomic E-state index is 13.9. The summed E-state index contributed by atoms with van der Waals surface area (Å²) >= 11 is 6.26. The Bertz CT molecular complexity index is 2480. The van der Waals surface area contributed by atoms with E-state index in [-0.39, 0.29) is 22.9 Å². The molecule has 2 aliphatic heterocycles. The molecule has 61 heavy (non-hydrogen) atoms. The van der Waals surface area contributed by atoms with Gasteiger partial charge in [-0.2, -0.15) is 0 Å². The Morgan fingerprint density at radius 1 is 1.00 bits per heavy atom. The van der Waals surface area contributed by atoms with Gasteiger partial charge < -0.3 is 24.7 Å². The molecule has 0 bridgehead atoms. The molecule has 1 amide bonds. The molecule has 1 saturated carbocycles. The summed E-state index contributed by atoms with van der Waals surface area (Å²) in [5.74, 6) is 1.54. The number of anilines is 2. The third kappa shape index (κ3) is 10.1. The van der Waals surface area contributed by atoms with Gasteiger partial charge in [0.15, 0.2) is 0 Å². The fourth-order valence-corrected chi connectivity index (χ4v) is 10.5. The van der Waals surface area contributed by atoms with Crippen LogP contribution in [-0.4, -0.2) is 62.1 Å². The van der Waals surface area contributed by atoms with Gasteiger partial charge in [-0.1, -0.05) is 37.6 Å². The average Bonchev–Trinajstić information content (AvgIpc) is 3.72. The van der Waals surface area contributed by atoms with Gasteiger partial charge in [-0.3, -0.25) is 14.9 Å². The van der Waals surface area contributed by atoms with Crippen LogP contribution in [-0.2, 0) is 14.8 Å². The van der Waals surface area contributed by atoms with E-state index in [9.17, 15) is 23.3 Å². The quantitative estimate of drug-likeness (QED) is 0.0765. The molecular formula is C46H53ClN6O7S. The number of hydrogen-bond acceptors (Lipinski definition) is 10. The van der Waals surface area contributed by atoms with Crippen LogP contribution in [0.3, 0.4) is 0 Å². The normalized spacial score (nSPS) is 20.0. The summed E-state index contributed by atoms with van der Waals surface area (Å²) < 4.78 is 41.2. The van der Waals surface area contributed by atoms with Gasteiger partial charge in [-0.05, 0) is 135 Å². The van der Waals surface area contributed by atoms with E-state index in [2.05, 4.69) is 50.9 Å². The number of benzene rings is 3. The van der Waals surface area contributed by atoms with Gasteiger partial charge in [0.1, 0.15) is 22.8 Å². The van der Waals surface area contributed by atoms with Crippen LogP contribution in [0, 0.1) is 33.3 Å². The molecule has 322 valence electrons. The minimum atomic E-state index is -4.54. The number of nitrogens with one attached hydrogen (secondary N) is 3. The van der Waals surface area contributed by atoms with E-state index < -0.39 is 31.4 Å². The lowest BCUT2D eigenvalue weighted by Crippen LogP contribution is -2.36. The van der Waals surface area contributed by atoms with Crippen molar-refractivity contribution in [3.63, 3.8) is 0 Å². The van der Waals surface area contributed by atoms with Gasteiger partial charge in [-0.25, -0.2) is 18.1 Å². The molecule has 3 aliphatic rings. The highest BCUT2D eigenvalue weighted by molar-refractivity contribution is 7.90. The third-order valence-corrected chi connectivity index (χ3v) is 14.5. The molecule has 3 fully saturated rings. The molecule has 2 unspecified atom stereocenters. The standard InChI is InChI=1S/C46H53ClN6O7S/c1-46(2)17-11-33(40(27-46)32-3-5-35(47)6-4-32)23-30-13-19-52(20-14-30)36-7-9-39(43(25-36)60-37-24-34-12-18-48-44(34)50-29-37)45(54)51-61(57,58)38-8-10-41(42(26-38)53(55)56)49-28-31-15-21-59-22-16-31/h3-10,12,18,24-26,29-31,33,40,49H,11,13-17,19-23,27-28H2,1-2H3,(H,48,50)(H,51,54). The zero-order valence-electron chi connectivity index (χ0n) is 34.6. The molecule has 1 aliphatic carbocycles. The summed E-state index contributed by atoms with van der Waals surface area (Å²) in [5.41, 5.74) is 2.97. The van der Waals surface area contributed by atoms with Crippen molar-refractivity contribution in [3.8, 4) is 11.5 Å². The first-order chi connectivity index (χ1) is 29.3. The number of pyridine rings is 1. The Labute approximate surface area is 361 Å². The first-order valence-corrected chi connectivity index (χ1v) is 23.1. The van der Waals surface area contributed by atoms with Crippen LogP contribution >= 0.6 is 11.6 Å². The lowest BCUT2D eigenvalue weighted by Gasteiger charge is -2.43. The van der Waals surface area contributed by atoms with E-state index in [1.807, 2.05) is 24.3 Å². The second-order valence-electron chi connectivity index (χ2n) is 17.7. The molecule has 2 saturated heterocycles. The van der Waals surface area contributed by atoms with Gasteiger partial charge >= 0.3 is 0 Å². The number of carbonyl (C=O) groups excluding carboxylic acids is 1. The first-order valence-electron chi connectivity index (χ1n) is 21.2. The number of aromatic amines is 1. The fraction of sp³-hybridized carbons (Fsp3) is 0.435. The first kappa shape index (κ1) is 42.5. The SMILES string of the molecule is CC1(C)CCC(CC2CCN(c3ccc(C(=O)NS(=O)(=O)c4ccc(NCC5CCOCC5)c([N+](=O)[O-])c4)c(Oc4cnc5[nH]ccc5c4)c3)CC2)C(c2ccc(Cl)cc2)C1. The van der Waals surface area contributed by atoms with Gasteiger partial charge in [0.2, 0.25) is 0 Å². The summed E-state index contributed by atoms with van der Waals surface area (Å²) in [6.07, 6.45) is 11.8. The number of rotatable bonds is 13. The van der Waals surface area contributed by atoms with E-state index >= 15 is 0 Å². The number of nitro groups is 1. The number of hydrogen-bond donors (Lipinski definition) is 3. The highest BCUT2D eigenvalue weighted by Gasteiger charge is 2.37. The van der Waals surface area contributed by atoms with Crippen molar-refractivity contribution >= 4 is 55.6 Å². The fourth-order valence-electron chi connectivity index (χ4n) is 9.38. The van der Waals surface area contributed by atoms with Gasteiger partial charge in [0.05, 0.1) is 21.6 Å². The monoisotopic (exact) mass is 868 g/mol. The number of ether oxygens (including phenoxy) is 2. The highest BCUT2D eigenvalue weighted by atomic mass is 35.5. The summed E-state index contributed by atoms with van der Waals surface area (Å²) in [6.45, 7) is 8.15. The Morgan fingerprint density at radius 2 is 1.77 bits per heavy atom. The van der Waals surface area contributed by atoms with E-state index in [4.69, 9.17) is 21.1 Å². The maximum Gasteiger partial charge on any atom is 0.293 e. The van der Waals surface area contributed by atoms with Crippen LogP contribution in [0.4, 0.5) is 17.1 Å². The van der Waals surface area contributed by atoms with E-state index in [1.54, 1.807) is 24.4 Å². The van der Waals surface area contributed by atoms with Crippen molar-refractivity contribution in [1.29, 1.82) is 0 Å². The number of piperidine rings is 1. The molecular weight excluding hydrogens is 816 g/mol. The number of amides is 1. The number of carbonyl (C=O) groups is 1. The van der Waals surface area contributed by atoms with Crippen molar-refractivity contribution in [2.24, 2.45) is 23.2 Å². The van der Waals surface area contributed by atoms with E-state index in [0.29, 0.717) is 54.3 Å². The van der Waals surface area contributed by atoms with Gasteiger partial charge in [0.25, 0.3) is 21.6 Å². The average molecular weight is 869 g/mol. The lowest BCUT2D eigenvalue weighted by atomic mass is 9.63. The van der Waals surface area contributed by atoms with E-state index in [0.717, 1.165) is 67.4 Å². The minimum absolute atomic E-state index is 0.0194. The van der Waals surface area contributed by atoms with Crippen molar-refractivity contribution in [2.75, 3.05) is 43.1 Å². The second-order valence-corrected chi connectivity index (χ2v) is 19.8. The predicted octanol–water partition coefficient (Wildman–Crippen LogP) is 10.1. The van der Waals surface area contributed by atoms with Crippen molar-refractivity contribution in [2.45, 2.75) is 76.0 Å². The van der Waals surface area contributed by atoms with Crippen LogP contribution in [0.2, 0.25) is 5.02 Å². The number of halogens is 1. The lowest BCUT2D eigenvalue weighted by molar-refractivity contribution is -0.384. The Morgan fingerprint density at radius 3 is 2.52 bits per heavy atom. The molecule has 13 nitrogen and oxygen atoms in total. The van der Waals surface area contributed by atoms with Crippen LogP contribution in [0.1, 0.15) is 87.1 Å². The summed E-state index contributed by atoms with van der Waals surface area (Å²) in [5, 5.41) is 16.7. The molecule has 5 aromatic rings. The summed E-state index contributed by atoms with van der Waals surface area (Å²) in [6, 6.07) is 20.8. The number of sulfonamides is 1. The molecule has 15 heteroatoms. The number of nitro benzene ring substituents is 1. The summed E-state index contributed by atoms with van der Waals surface area (Å²) in [4.78, 5) is 34.7. The van der Waals surface area contributed by atoms with Crippen molar-refractivity contribution < 1.29 is 27.6 Å². The molecule has 8 rings (SSSR count). The number of aromatic nitrogens is 2. The number of H-pyrrole nitrogens is 1.